The summed E-state index contributed by atoms with van der Waals surface area (Å²) in [6.45, 7) is 0. The fourth-order valence-electron chi connectivity index (χ4n) is 3.64. The van der Waals surface area contributed by atoms with Crippen LogP contribution < -0.4 is 4.74 Å². The Kier molecular flexibility index (Phi) is 5.41. The van der Waals surface area contributed by atoms with E-state index < -0.39 is 52.6 Å². The zero-order valence-electron chi connectivity index (χ0n) is 17.0. The van der Waals surface area contributed by atoms with Gasteiger partial charge in [-0.25, -0.2) is 4.79 Å². The number of nitroso groups, excluding NO2 is 1. The summed E-state index contributed by atoms with van der Waals surface area (Å²) in [5.74, 6) is -5.33. The van der Waals surface area contributed by atoms with Gasteiger partial charge in [-0.2, -0.15) is 0 Å². The average Bonchev–Trinajstić information content (AvgIpc) is 2.76. The molecule has 0 aliphatic carbocycles. The Hall–Kier alpha value is -4.87. The first-order valence-electron chi connectivity index (χ1n) is 9.65. The van der Waals surface area contributed by atoms with E-state index in [4.69, 9.17) is 9.47 Å². The van der Waals surface area contributed by atoms with Gasteiger partial charge in [0.15, 0.2) is 29.0 Å². The van der Waals surface area contributed by atoms with Crippen LogP contribution in [0.15, 0.2) is 41.6 Å². The van der Waals surface area contributed by atoms with Gasteiger partial charge in [-0.05, 0) is 29.4 Å². The maximum atomic E-state index is 12.8. The van der Waals surface area contributed by atoms with E-state index in [2.05, 4.69) is 5.18 Å². The molecule has 0 saturated heterocycles. The molecule has 0 spiro atoms. The molecule has 2 atom stereocenters. The van der Waals surface area contributed by atoms with Crippen LogP contribution in [0, 0.1) is 4.91 Å². The molecular weight excluding hydrogens is 454 g/mol. The Morgan fingerprint density at radius 3 is 2.06 bits per heavy atom. The standard InChI is InChI=1S/C22H17NO11/c24-10-5-12(25)11-7-18(34-22(31)9-3-13(26)19(23-32)14(27)4-9)21(33-17(11)6-10)8-1-15(28)20(30)16(29)2-8/h1-6,18,21,24-30H,7H2/t18-,21-/m0/s1. The Bertz CT molecular complexity index is 1270. The molecule has 0 aromatic heterocycles. The van der Waals surface area contributed by atoms with Crippen LogP contribution in [-0.4, -0.2) is 47.8 Å². The van der Waals surface area contributed by atoms with E-state index >= 15 is 0 Å². The molecule has 176 valence electrons. The lowest BCUT2D eigenvalue weighted by Gasteiger charge is -2.34. The zero-order chi connectivity index (χ0) is 24.7. The van der Waals surface area contributed by atoms with Crippen molar-refractivity contribution in [3.8, 4) is 46.0 Å². The number of hydrogen-bond donors (Lipinski definition) is 7. The second-order valence-corrected chi connectivity index (χ2v) is 7.49. The van der Waals surface area contributed by atoms with Crippen molar-refractivity contribution >= 4 is 11.7 Å². The van der Waals surface area contributed by atoms with Crippen molar-refractivity contribution in [3.63, 3.8) is 0 Å². The first-order valence-corrected chi connectivity index (χ1v) is 9.65. The number of nitrogens with zero attached hydrogens (tertiary/aromatic N) is 1. The van der Waals surface area contributed by atoms with E-state index in [-0.39, 0.29) is 40.4 Å². The second-order valence-electron chi connectivity index (χ2n) is 7.49. The van der Waals surface area contributed by atoms with Gasteiger partial charge in [0.2, 0.25) is 0 Å². The molecule has 0 amide bonds. The third kappa shape index (κ3) is 3.88. The van der Waals surface area contributed by atoms with Gasteiger partial charge in [0.25, 0.3) is 0 Å². The molecule has 1 aliphatic rings. The number of hydrogen-bond acceptors (Lipinski definition) is 12. The second kappa shape index (κ2) is 8.24. The Labute approximate surface area is 190 Å². The van der Waals surface area contributed by atoms with Crippen LogP contribution in [0.1, 0.15) is 27.6 Å². The van der Waals surface area contributed by atoms with Crippen LogP contribution in [0.4, 0.5) is 5.69 Å². The minimum Gasteiger partial charge on any atom is -0.508 e. The molecule has 0 radical (unpaired) electrons. The molecule has 0 saturated carbocycles. The van der Waals surface area contributed by atoms with Gasteiger partial charge >= 0.3 is 5.97 Å². The highest BCUT2D eigenvalue weighted by molar-refractivity contribution is 5.92. The lowest BCUT2D eigenvalue weighted by molar-refractivity contribution is -0.0189. The van der Waals surface area contributed by atoms with Crippen LogP contribution in [0.25, 0.3) is 0 Å². The molecular formula is C22H17NO11. The lowest BCUT2D eigenvalue weighted by atomic mass is 9.93. The summed E-state index contributed by atoms with van der Waals surface area (Å²) < 4.78 is 11.3. The molecule has 12 heteroatoms. The Balaban J connectivity index is 1.74. The average molecular weight is 471 g/mol. The molecule has 34 heavy (non-hydrogen) atoms. The minimum absolute atomic E-state index is 0.0403. The molecule has 1 aliphatic heterocycles. The largest absolute Gasteiger partial charge is 0.508 e. The monoisotopic (exact) mass is 471 g/mol. The van der Waals surface area contributed by atoms with Crippen LogP contribution in [0.5, 0.6) is 46.0 Å². The number of phenols is 7. The highest BCUT2D eigenvalue weighted by Gasteiger charge is 2.37. The predicted octanol–water partition coefficient (Wildman–Crippen LogP) is 2.93. The van der Waals surface area contributed by atoms with E-state index in [1.165, 1.54) is 6.07 Å². The molecule has 4 rings (SSSR count). The van der Waals surface area contributed by atoms with E-state index in [1.807, 2.05) is 0 Å². The molecule has 3 aromatic rings. The molecule has 3 aromatic carbocycles. The van der Waals surface area contributed by atoms with Crippen LogP contribution in [0.3, 0.4) is 0 Å². The van der Waals surface area contributed by atoms with Crippen LogP contribution in [0.2, 0.25) is 0 Å². The first kappa shape index (κ1) is 22.3. The highest BCUT2D eigenvalue weighted by Crippen LogP contribution is 2.46. The van der Waals surface area contributed by atoms with Crippen LogP contribution >= 0.6 is 0 Å². The summed E-state index contributed by atoms with van der Waals surface area (Å²) in [7, 11) is 0. The highest BCUT2D eigenvalue weighted by atomic mass is 16.6. The maximum absolute atomic E-state index is 12.8. The lowest BCUT2D eigenvalue weighted by Crippen LogP contribution is -2.34. The van der Waals surface area contributed by atoms with E-state index in [9.17, 15) is 45.4 Å². The van der Waals surface area contributed by atoms with Crippen molar-refractivity contribution in [3.05, 3.63) is 58.0 Å². The molecule has 7 N–H and O–H groups in total. The SMILES string of the molecule is O=Nc1c(O)cc(C(=O)O[C@H]2Cc3c(O)cc(O)cc3O[C@H]2c2cc(O)c(O)c(O)c2)cc1O. The first-order chi connectivity index (χ1) is 16.1. The smallest absolute Gasteiger partial charge is 0.338 e. The van der Waals surface area contributed by atoms with Gasteiger partial charge < -0.3 is 45.2 Å². The topological polar surface area (TPSA) is 207 Å². The zero-order valence-corrected chi connectivity index (χ0v) is 17.0. The van der Waals surface area contributed by atoms with Crippen molar-refractivity contribution in [1.29, 1.82) is 0 Å². The summed E-state index contributed by atoms with van der Waals surface area (Å²) in [5.41, 5.74) is -0.738. The Morgan fingerprint density at radius 1 is 0.853 bits per heavy atom. The third-order valence-corrected chi connectivity index (χ3v) is 5.24. The number of esters is 1. The quantitative estimate of drug-likeness (QED) is 0.167. The van der Waals surface area contributed by atoms with E-state index in [0.29, 0.717) is 0 Å². The number of carbonyl (C=O) groups excluding carboxylic acids is 1. The molecule has 0 unspecified atom stereocenters. The summed E-state index contributed by atoms with van der Waals surface area (Å²) >= 11 is 0. The normalized spacial score (nSPS) is 16.8. The van der Waals surface area contributed by atoms with Gasteiger partial charge in [-0.15, -0.1) is 4.91 Å². The number of aromatic hydroxyl groups is 7. The number of carbonyl (C=O) groups is 1. The predicted molar refractivity (Wildman–Crippen MR) is 113 cm³/mol. The summed E-state index contributed by atoms with van der Waals surface area (Å²) in [5, 5.41) is 71.6. The molecule has 0 fully saturated rings. The summed E-state index contributed by atoms with van der Waals surface area (Å²) in [6.07, 6.45) is -2.55. The number of benzene rings is 3. The number of phenolic OH excluding ortho intramolecular Hbond substituents is 7. The number of fused-ring (bicyclic) bond motifs is 1. The van der Waals surface area contributed by atoms with Gasteiger partial charge in [-0.3, -0.25) is 0 Å². The summed E-state index contributed by atoms with van der Waals surface area (Å²) in [6, 6.07) is 6.12. The summed E-state index contributed by atoms with van der Waals surface area (Å²) in [4.78, 5) is 23.5. The van der Waals surface area contributed by atoms with E-state index in [1.54, 1.807) is 0 Å². The number of ether oxygens (including phenoxy) is 2. The third-order valence-electron chi connectivity index (χ3n) is 5.24. The van der Waals surface area contributed by atoms with Crippen molar-refractivity contribution < 1.29 is 50.0 Å². The molecule has 0 bridgehead atoms. The van der Waals surface area contributed by atoms with Crippen molar-refractivity contribution in [2.75, 3.05) is 0 Å². The molecule has 12 nitrogen and oxygen atoms in total. The van der Waals surface area contributed by atoms with E-state index in [0.717, 1.165) is 30.3 Å². The van der Waals surface area contributed by atoms with Crippen molar-refractivity contribution in [1.82, 2.24) is 0 Å². The maximum Gasteiger partial charge on any atom is 0.338 e. The van der Waals surface area contributed by atoms with Crippen molar-refractivity contribution in [2.45, 2.75) is 18.6 Å². The van der Waals surface area contributed by atoms with Crippen LogP contribution in [-0.2, 0) is 11.2 Å². The van der Waals surface area contributed by atoms with Gasteiger partial charge in [0.05, 0.1) is 5.56 Å². The van der Waals surface area contributed by atoms with Gasteiger partial charge in [0.1, 0.15) is 34.9 Å². The fourth-order valence-corrected chi connectivity index (χ4v) is 3.64. The van der Waals surface area contributed by atoms with Crippen molar-refractivity contribution in [2.24, 2.45) is 5.18 Å². The minimum atomic E-state index is -1.20. The van der Waals surface area contributed by atoms with Gasteiger partial charge in [-0.1, -0.05) is 0 Å². The Morgan fingerprint density at radius 2 is 1.47 bits per heavy atom. The molecule has 1 heterocycles. The number of rotatable bonds is 4. The van der Waals surface area contributed by atoms with Gasteiger partial charge in [0, 0.05) is 29.7 Å². The fraction of sp³-hybridized carbons (Fsp3) is 0.136.